The second-order valence-electron chi connectivity index (χ2n) is 8.65. The van der Waals surface area contributed by atoms with Crippen LogP contribution in [0.4, 0.5) is 0 Å². The Bertz CT molecular complexity index is 1010. The number of likely N-dealkylation sites (N-methyl/N-ethyl adjacent to an activating group) is 1. The first-order chi connectivity index (χ1) is 15.8. The van der Waals surface area contributed by atoms with Crippen molar-refractivity contribution in [3.63, 3.8) is 0 Å². The molecule has 0 radical (unpaired) electrons. The van der Waals surface area contributed by atoms with E-state index in [9.17, 15) is 13.2 Å². The Kier molecular flexibility index (Phi) is 9.02. The maximum atomic E-state index is 13.1. The van der Waals surface area contributed by atoms with Gasteiger partial charge in [-0.25, -0.2) is 8.42 Å². The number of carbonyl (C=O) groups excluding carboxylic acids is 1. The smallest absolute Gasteiger partial charge is 0.243 e. The average Bonchev–Trinajstić information content (AvgIpc) is 3.12. The van der Waals surface area contributed by atoms with E-state index < -0.39 is 10.0 Å². The standard InChI is InChI=1S/C25H35N3O4S/c1-27(2)24(20-11-13-22(32-3)14-12-20)18-26-19-25(29)21-9-8-10-23(17-21)33(30,31)28-15-6-4-5-7-16-28/h8-14,17,24,26H,4-7,15-16,18-19H2,1-3H3. The Labute approximate surface area is 197 Å². The van der Waals surface area contributed by atoms with E-state index in [4.69, 9.17) is 4.74 Å². The minimum atomic E-state index is -3.58. The number of hydrogen-bond acceptors (Lipinski definition) is 6. The van der Waals surface area contributed by atoms with Crippen molar-refractivity contribution < 1.29 is 17.9 Å². The van der Waals surface area contributed by atoms with Crippen LogP contribution in [0.5, 0.6) is 5.75 Å². The van der Waals surface area contributed by atoms with Crippen molar-refractivity contribution in [3.8, 4) is 5.75 Å². The van der Waals surface area contributed by atoms with E-state index in [-0.39, 0.29) is 23.3 Å². The highest BCUT2D eigenvalue weighted by Crippen LogP contribution is 2.22. The van der Waals surface area contributed by atoms with Crippen LogP contribution in [0.1, 0.15) is 47.6 Å². The van der Waals surface area contributed by atoms with Crippen LogP contribution in [0.15, 0.2) is 53.4 Å². The second kappa shape index (κ2) is 11.7. The third kappa shape index (κ3) is 6.63. The van der Waals surface area contributed by atoms with Crippen LogP contribution in [0, 0.1) is 0 Å². The summed E-state index contributed by atoms with van der Waals surface area (Å²) in [6, 6.07) is 14.4. The predicted octanol–water partition coefficient (Wildman–Crippen LogP) is 3.34. The number of nitrogens with one attached hydrogen (secondary N) is 1. The Balaban J connectivity index is 1.64. The number of benzene rings is 2. The molecule has 0 bridgehead atoms. The van der Waals surface area contributed by atoms with Gasteiger partial charge < -0.3 is 15.0 Å². The van der Waals surface area contributed by atoms with Gasteiger partial charge in [0, 0.05) is 31.2 Å². The number of hydrogen-bond donors (Lipinski definition) is 1. The van der Waals surface area contributed by atoms with Crippen LogP contribution in [0.25, 0.3) is 0 Å². The van der Waals surface area contributed by atoms with Gasteiger partial charge in [0.1, 0.15) is 5.75 Å². The van der Waals surface area contributed by atoms with Gasteiger partial charge in [0.15, 0.2) is 5.78 Å². The van der Waals surface area contributed by atoms with E-state index >= 15 is 0 Å². The molecule has 1 saturated heterocycles. The Morgan fingerprint density at radius 1 is 1.06 bits per heavy atom. The number of Topliss-reactive ketones (excluding diaryl/α,β-unsaturated/α-hetero) is 1. The molecular weight excluding hydrogens is 438 g/mol. The van der Waals surface area contributed by atoms with Crippen molar-refractivity contribution in [2.75, 3.05) is 47.4 Å². The van der Waals surface area contributed by atoms with Gasteiger partial charge in [0.05, 0.1) is 18.6 Å². The lowest BCUT2D eigenvalue weighted by atomic mass is 10.1. The SMILES string of the molecule is COc1ccc(C(CNCC(=O)c2cccc(S(=O)(=O)N3CCCCCC3)c2)N(C)C)cc1. The van der Waals surface area contributed by atoms with Crippen molar-refractivity contribution in [2.24, 2.45) is 0 Å². The normalized spacial score (nSPS) is 16.4. The zero-order valence-electron chi connectivity index (χ0n) is 19.8. The summed E-state index contributed by atoms with van der Waals surface area (Å²) in [5, 5.41) is 3.24. The zero-order valence-corrected chi connectivity index (χ0v) is 20.6. The highest BCUT2D eigenvalue weighted by molar-refractivity contribution is 7.89. The van der Waals surface area contributed by atoms with Crippen molar-refractivity contribution in [2.45, 2.75) is 36.6 Å². The summed E-state index contributed by atoms with van der Waals surface area (Å²) < 4.78 is 32.9. The van der Waals surface area contributed by atoms with Crippen LogP contribution < -0.4 is 10.1 Å². The summed E-state index contributed by atoms with van der Waals surface area (Å²) in [7, 11) is 2.05. The summed E-state index contributed by atoms with van der Waals surface area (Å²) >= 11 is 0. The van der Waals surface area contributed by atoms with Crippen LogP contribution in [0.3, 0.4) is 0 Å². The minimum Gasteiger partial charge on any atom is -0.497 e. The Morgan fingerprint density at radius 2 is 1.73 bits per heavy atom. The molecule has 7 nitrogen and oxygen atoms in total. The summed E-state index contributed by atoms with van der Waals surface area (Å²) in [5.74, 6) is 0.671. The lowest BCUT2D eigenvalue weighted by Gasteiger charge is -2.25. The van der Waals surface area contributed by atoms with Crippen molar-refractivity contribution in [3.05, 3.63) is 59.7 Å². The van der Waals surface area contributed by atoms with Gasteiger partial charge in [0.25, 0.3) is 0 Å². The molecule has 0 aliphatic carbocycles. The molecule has 0 saturated carbocycles. The number of ketones is 1. The van der Waals surface area contributed by atoms with E-state index in [0.29, 0.717) is 25.2 Å². The lowest BCUT2D eigenvalue weighted by molar-refractivity contribution is 0.0988. The first kappa shape index (κ1) is 25.4. The van der Waals surface area contributed by atoms with Gasteiger partial charge in [-0.15, -0.1) is 0 Å². The maximum Gasteiger partial charge on any atom is 0.243 e. The van der Waals surface area contributed by atoms with E-state index in [2.05, 4.69) is 10.2 Å². The molecule has 1 N–H and O–H groups in total. The highest BCUT2D eigenvalue weighted by atomic mass is 32.2. The van der Waals surface area contributed by atoms with Crippen molar-refractivity contribution >= 4 is 15.8 Å². The Hall–Kier alpha value is -2.26. The van der Waals surface area contributed by atoms with Crippen LogP contribution >= 0.6 is 0 Å². The lowest BCUT2D eigenvalue weighted by Crippen LogP contribution is -2.34. The van der Waals surface area contributed by atoms with Crippen LogP contribution in [-0.2, 0) is 10.0 Å². The summed E-state index contributed by atoms with van der Waals surface area (Å²) in [5.41, 5.74) is 1.52. The number of sulfonamides is 1. The average molecular weight is 474 g/mol. The van der Waals surface area contributed by atoms with E-state index in [1.807, 2.05) is 38.4 Å². The molecule has 1 unspecified atom stereocenters. The number of rotatable bonds is 10. The van der Waals surface area contributed by atoms with Gasteiger partial charge in [-0.2, -0.15) is 4.31 Å². The molecule has 1 aliphatic rings. The maximum absolute atomic E-state index is 13.1. The third-order valence-corrected chi connectivity index (χ3v) is 8.00. The molecular formula is C25H35N3O4S. The van der Waals surface area contributed by atoms with Gasteiger partial charge in [-0.05, 0) is 56.8 Å². The molecule has 180 valence electrons. The molecule has 1 heterocycles. The fourth-order valence-electron chi connectivity index (χ4n) is 4.11. The number of nitrogens with zero attached hydrogens (tertiary/aromatic N) is 2. The predicted molar refractivity (Wildman–Crippen MR) is 130 cm³/mol. The monoisotopic (exact) mass is 473 g/mol. The van der Waals surface area contributed by atoms with Gasteiger partial charge in [-0.3, -0.25) is 4.79 Å². The molecule has 2 aromatic carbocycles. The second-order valence-corrected chi connectivity index (χ2v) is 10.6. The molecule has 2 aromatic rings. The topological polar surface area (TPSA) is 78.9 Å². The van der Waals surface area contributed by atoms with Crippen LogP contribution in [0.2, 0.25) is 0 Å². The zero-order chi connectivity index (χ0) is 23.8. The quantitative estimate of drug-likeness (QED) is 0.533. The van der Waals surface area contributed by atoms with E-state index in [1.54, 1.807) is 29.6 Å². The number of carbonyl (C=O) groups is 1. The summed E-state index contributed by atoms with van der Waals surface area (Å²) in [6.07, 6.45) is 3.87. The molecule has 0 spiro atoms. The molecule has 1 fully saturated rings. The van der Waals surface area contributed by atoms with Gasteiger partial charge in [0.2, 0.25) is 10.0 Å². The summed E-state index contributed by atoms with van der Waals surface area (Å²) in [4.78, 5) is 15.1. The minimum absolute atomic E-state index is 0.0819. The van der Waals surface area contributed by atoms with Crippen LogP contribution in [-0.4, -0.2) is 70.8 Å². The van der Waals surface area contributed by atoms with Gasteiger partial charge in [-0.1, -0.05) is 37.1 Å². The molecule has 3 rings (SSSR count). The number of ether oxygens (including phenoxy) is 1. The van der Waals surface area contributed by atoms with E-state index in [0.717, 1.165) is 37.0 Å². The molecule has 0 aromatic heterocycles. The fraction of sp³-hybridized carbons (Fsp3) is 0.480. The summed E-state index contributed by atoms with van der Waals surface area (Å²) in [6.45, 7) is 1.79. The molecule has 1 atom stereocenters. The highest BCUT2D eigenvalue weighted by Gasteiger charge is 2.26. The molecule has 0 amide bonds. The van der Waals surface area contributed by atoms with Gasteiger partial charge >= 0.3 is 0 Å². The largest absolute Gasteiger partial charge is 0.497 e. The number of methoxy groups -OCH3 is 1. The molecule has 33 heavy (non-hydrogen) atoms. The first-order valence-electron chi connectivity index (χ1n) is 11.5. The fourth-order valence-corrected chi connectivity index (χ4v) is 5.67. The third-order valence-electron chi connectivity index (χ3n) is 6.11. The molecule has 1 aliphatic heterocycles. The van der Waals surface area contributed by atoms with Crippen molar-refractivity contribution in [1.82, 2.24) is 14.5 Å². The molecule has 8 heteroatoms. The Morgan fingerprint density at radius 3 is 2.33 bits per heavy atom. The first-order valence-corrected chi connectivity index (χ1v) is 12.9. The van der Waals surface area contributed by atoms with E-state index in [1.165, 1.54) is 6.07 Å². The van der Waals surface area contributed by atoms with Crippen molar-refractivity contribution in [1.29, 1.82) is 0 Å².